The average molecular weight is 68.1 g/mol. The Morgan fingerprint density at radius 1 is 1.25 bits per heavy atom. The molecule has 2 heteroatoms. The molecule has 20 valence electrons. The molecule has 0 aliphatic carbocycles. The Bertz CT molecular complexity index is 10.8. The molecule has 0 atom stereocenters. The molecule has 0 aromatic heterocycles. The Morgan fingerprint density at radius 2 is 1.50 bits per heavy atom. The first kappa shape index (κ1) is 4.96. The summed E-state index contributed by atoms with van der Waals surface area (Å²) < 4.78 is 4.50. The Morgan fingerprint density at radius 3 is 1.50 bits per heavy atom. The van der Waals surface area contributed by atoms with Crippen LogP contribution in [0.1, 0.15) is 0 Å². The minimum absolute atomic E-state index is 0. The van der Waals surface area contributed by atoms with Crippen molar-refractivity contribution in [2.24, 2.45) is 0 Å². The Balaban J connectivity index is 0.0000000900. The van der Waals surface area contributed by atoms with Crippen molar-refractivity contribution in [2.75, 3.05) is 13.2 Å². The third-order valence-electron chi connectivity index (χ3n) is 0.204. The van der Waals surface area contributed by atoms with Crippen molar-refractivity contribution in [2.45, 2.75) is 0 Å². The van der Waals surface area contributed by atoms with Gasteiger partial charge in [0.25, 0.3) is 0 Å². The fourth-order valence-electron chi connectivity index (χ4n) is 0. The molecule has 1 aliphatic rings. The van der Waals surface area contributed by atoms with Gasteiger partial charge in [-0.2, -0.15) is 0 Å². The summed E-state index contributed by atoms with van der Waals surface area (Å²) in [7, 11) is 0. The summed E-state index contributed by atoms with van der Waals surface area (Å²) in [5, 5.41) is 0. The maximum absolute atomic E-state index is 4.50. The van der Waals surface area contributed by atoms with Crippen molar-refractivity contribution in [3.8, 4) is 0 Å². The first-order valence-electron chi connectivity index (χ1n) is 1.08. The Labute approximate surface area is 47.6 Å². The van der Waals surface area contributed by atoms with E-state index in [0.29, 0.717) is 0 Å². The van der Waals surface area contributed by atoms with Crippen molar-refractivity contribution in [3.05, 3.63) is 0 Å². The third kappa shape index (κ3) is 2.96. The van der Waals surface area contributed by atoms with Crippen molar-refractivity contribution in [1.82, 2.24) is 0 Å². The molecule has 1 rings (SSSR count). The molecular weight excluding hydrogens is 63.0 g/mol. The molecule has 1 heterocycles. The SMILES string of the molecule is C1CO1.[NaH]. The number of epoxide rings is 1. The quantitative estimate of drug-likeness (QED) is 0.272. The molecule has 1 nitrogen and oxygen atoms in total. The molecule has 0 saturated carbocycles. The predicted molar refractivity (Wildman–Crippen MR) is 18.0 cm³/mol. The molecular formula is C2H5NaO. The van der Waals surface area contributed by atoms with Gasteiger partial charge in [0.15, 0.2) is 0 Å². The second kappa shape index (κ2) is 2.21. The van der Waals surface area contributed by atoms with Crippen LogP contribution < -0.4 is 0 Å². The zero-order valence-corrected chi connectivity index (χ0v) is 1.82. The molecule has 0 amide bonds. The van der Waals surface area contributed by atoms with Crippen LogP contribution in [0.25, 0.3) is 0 Å². The molecule has 0 aromatic rings. The number of rotatable bonds is 0. The van der Waals surface area contributed by atoms with Gasteiger partial charge in [-0.1, -0.05) is 0 Å². The summed E-state index contributed by atoms with van der Waals surface area (Å²) in [5.41, 5.74) is 0. The molecule has 0 N–H and O–H groups in total. The van der Waals surface area contributed by atoms with E-state index in [1.807, 2.05) is 0 Å². The van der Waals surface area contributed by atoms with E-state index in [0.717, 1.165) is 13.2 Å². The standard InChI is InChI=1S/C2H4O.Na.H/c1-2-3-1;;/h1-2H2;;. The molecule has 0 bridgehead atoms. The summed E-state index contributed by atoms with van der Waals surface area (Å²) in [4.78, 5) is 0. The van der Waals surface area contributed by atoms with Crippen LogP contribution in [-0.2, 0) is 4.74 Å². The fraction of sp³-hybridized carbons (Fsp3) is 1.00. The Kier molecular flexibility index (Phi) is 2.74. The molecule has 0 radical (unpaired) electrons. The number of ether oxygens (including phenoxy) is 1. The predicted octanol–water partition coefficient (Wildman–Crippen LogP) is -0.632. The van der Waals surface area contributed by atoms with E-state index in [1.54, 1.807) is 0 Å². The van der Waals surface area contributed by atoms with Gasteiger partial charge in [-0.3, -0.25) is 0 Å². The molecule has 1 fully saturated rings. The average Bonchev–Trinajstić information content (AvgIpc) is 1.46. The van der Waals surface area contributed by atoms with Crippen LogP contribution in [0.2, 0.25) is 0 Å². The normalized spacial score (nSPS) is 18.0. The van der Waals surface area contributed by atoms with E-state index in [9.17, 15) is 0 Å². The molecule has 0 spiro atoms. The van der Waals surface area contributed by atoms with Gasteiger partial charge in [-0.15, -0.1) is 0 Å². The topological polar surface area (TPSA) is 12.5 Å². The van der Waals surface area contributed by atoms with E-state index < -0.39 is 0 Å². The van der Waals surface area contributed by atoms with E-state index >= 15 is 0 Å². The van der Waals surface area contributed by atoms with Gasteiger partial charge >= 0.3 is 29.6 Å². The summed E-state index contributed by atoms with van der Waals surface area (Å²) in [5.74, 6) is 0. The molecule has 4 heavy (non-hydrogen) atoms. The monoisotopic (exact) mass is 68.0 g/mol. The van der Waals surface area contributed by atoms with Crippen LogP contribution in [0.4, 0.5) is 0 Å². The zero-order valence-electron chi connectivity index (χ0n) is 1.82. The molecule has 1 saturated heterocycles. The van der Waals surface area contributed by atoms with Crippen LogP contribution in [0.5, 0.6) is 0 Å². The summed E-state index contributed by atoms with van der Waals surface area (Å²) >= 11 is 0. The maximum atomic E-state index is 4.50. The minimum atomic E-state index is 0. The van der Waals surface area contributed by atoms with Gasteiger partial charge in [0, 0.05) is 0 Å². The van der Waals surface area contributed by atoms with Gasteiger partial charge in [0.1, 0.15) is 0 Å². The van der Waals surface area contributed by atoms with Gasteiger partial charge in [-0.05, 0) is 0 Å². The van der Waals surface area contributed by atoms with E-state index in [4.69, 9.17) is 0 Å². The third-order valence-corrected chi connectivity index (χ3v) is 0.204. The Hall–Kier alpha value is 0.960. The van der Waals surface area contributed by atoms with Crippen LogP contribution in [-0.4, -0.2) is 42.8 Å². The van der Waals surface area contributed by atoms with Crippen molar-refractivity contribution < 1.29 is 4.74 Å². The molecule has 0 unspecified atom stereocenters. The second-order valence-electron chi connectivity index (χ2n) is 0.612. The van der Waals surface area contributed by atoms with E-state index in [-0.39, 0.29) is 29.6 Å². The van der Waals surface area contributed by atoms with Crippen LogP contribution in [0, 0.1) is 0 Å². The van der Waals surface area contributed by atoms with Gasteiger partial charge in [0.05, 0.1) is 13.2 Å². The van der Waals surface area contributed by atoms with E-state index in [2.05, 4.69) is 4.74 Å². The van der Waals surface area contributed by atoms with Crippen molar-refractivity contribution in [3.63, 3.8) is 0 Å². The number of hydrogen-bond donors (Lipinski definition) is 0. The first-order chi connectivity index (χ1) is 1.50. The second-order valence-corrected chi connectivity index (χ2v) is 0.612. The van der Waals surface area contributed by atoms with Gasteiger partial charge < -0.3 is 4.74 Å². The first-order valence-corrected chi connectivity index (χ1v) is 1.08. The van der Waals surface area contributed by atoms with Crippen LogP contribution in [0.3, 0.4) is 0 Å². The van der Waals surface area contributed by atoms with Crippen molar-refractivity contribution in [1.29, 1.82) is 0 Å². The molecule has 0 aromatic carbocycles. The van der Waals surface area contributed by atoms with Crippen LogP contribution in [0.15, 0.2) is 0 Å². The fourth-order valence-corrected chi connectivity index (χ4v) is 0. The number of hydrogen-bond acceptors (Lipinski definition) is 1. The van der Waals surface area contributed by atoms with Gasteiger partial charge in [-0.25, -0.2) is 0 Å². The summed E-state index contributed by atoms with van der Waals surface area (Å²) in [6, 6.07) is 0. The van der Waals surface area contributed by atoms with E-state index in [1.165, 1.54) is 0 Å². The van der Waals surface area contributed by atoms with Gasteiger partial charge in [0.2, 0.25) is 0 Å². The zero-order chi connectivity index (χ0) is 2.12. The molecule has 1 aliphatic heterocycles. The van der Waals surface area contributed by atoms with Crippen molar-refractivity contribution >= 4 is 29.6 Å². The summed E-state index contributed by atoms with van der Waals surface area (Å²) in [6.45, 7) is 2.00. The van der Waals surface area contributed by atoms with Crippen LogP contribution >= 0.6 is 0 Å². The summed E-state index contributed by atoms with van der Waals surface area (Å²) in [6.07, 6.45) is 0.